The molecule has 8 heteroatoms. The quantitative estimate of drug-likeness (QED) is 0.0268. The van der Waals surface area contributed by atoms with Gasteiger partial charge in [-0.05, 0) is 64.2 Å². The van der Waals surface area contributed by atoms with Gasteiger partial charge in [0.05, 0.1) is 40.3 Å². The molecule has 0 aliphatic carbocycles. The Balaban J connectivity index is 4.43. The molecule has 0 aliphatic rings. The molecule has 314 valence electrons. The second-order valence-electron chi connectivity index (χ2n) is 15.2. The van der Waals surface area contributed by atoms with Crippen molar-refractivity contribution in [1.82, 2.24) is 0 Å². The zero-order valence-electron chi connectivity index (χ0n) is 35.6. The number of allylic oxidation sites excluding steroid dienone is 12. The van der Waals surface area contributed by atoms with Gasteiger partial charge in [-0.3, -0.25) is 9.59 Å². The van der Waals surface area contributed by atoms with E-state index in [1.165, 1.54) is 44.9 Å². The number of unbranched alkanes of at least 4 members (excludes halogenated alkanes) is 11. The maximum atomic E-state index is 12.7. The number of ether oxygens (including phenoxy) is 3. The van der Waals surface area contributed by atoms with E-state index in [2.05, 4.69) is 86.8 Å². The molecule has 0 N–H and O–H groups in total. The van der Waals surface area contributed by atoms with Gasteiger partial charge in [0.1, 0.15) is 12.6 Å². The number of aliphatic carboxylic acids is 1. The van der Waals surface area contributed by atoms with Crippen molar-refractivity contribution in [2.24, 2.45) is 0 Å². The fourth-order valence-corrected chi connectivity index (χ4v) is 5.78. The van der Waals surface area contributed by atoms with Gasteiger partial charge in [-0.25, -0.2) is 0 Å². The number of quaternary nitrogens is 1. The highest BCUT2D eigenvalue weighted by Gasteiger charge is 2.25. The van der Waals surface area contributed by atoms with Gasteiger partial charge in [0.15, 0.2) is 6.10 Å². The summed E-state index contributed by atoms with van der Waals surface area (Å²) in [6, 6.07) is -0.735. The molecule has 2 atom stereocenters. The lowest BCUT2D eigenvalue weighted by Crippen LogP contribution is -2.55. The van der Waals surface area contributed by atoms with E-state index in [0.717, 1.165) is 70.6 Å². The van der Waals surface area contributed by atoms with Crippen LogP contribution in [-0.2, 0) is 28.6 Å². The lowest BCUT2D eigenvalue weighted by atomic mass is 10.1. The lowest BCUT2D eigenvalue weighted by molar-refractivity contribution is -0.889. The predicted octanol–water partition coefficient (Wildman–Crippen LogP) is 10.2. The minimum atomic E-state index is -1.14. The van der Waals surface area contributed by atoms with Crippen LogP contribution in [-0.4, -0.2) is 75.5 Å². The largest absolute Gasteiger partial charge is 0.544 e. The van der Waals surface area contributed by atoms with Gasteiger partial charge < -0.3 is 28.6 Å². The van der Waals surface area contributed by atoms with E-state index in [0.29, 0.717) is 12.8 Å². The molecule has 8 nitrogen and oxygen atoms in total. The summed E-state index contributed by atoms with van der Waals surface area (Å²) in [7, 11) is 5.38. The van der Waals surface area contributed by atoms with Crippen LogP contribution in [0.15, 0.2) is 72.9 Å². The lowest BCUT2D eigenvalue weighted by Gasteiger charge is -2.34. The normalized spacial score (nSPS) is 13.7. The third-order valence-corrected chi connectivity index (χ3v) is 9.11. The van der Waals surface area contributed by atoms with E-state index in [1.807, 2.05) is 0 Å². The molecule has 0 bridgehead atoms. The molecule has 0 fully saturated rings. The van der Waals surface area contributed by atoms with Crippen molar-refractivity contribution in [2.75, 3.05) is 41.0 Å². The average molecular weight is 770 g/mol. The number of nitrogens with zero attached hydrogens (tertiary/aromatic N) is 1. The summed E-state index contributed by atoms with van der Waals surface area (Å²) in [4.78, 5) is 36.7. The van der Waals surface area contributed by atoms with Crippen molar-refractivity contribution < 1.29 is 38.2 Å². The highest BCUT2D eigenvalue weighted by molar-refractivity contribution is 5.70. The topological polar surface area (TPSA) is 102 Å². The Kier molecular flexibility index (Phi) is 35.5. The van der Waals surface area contributed by atoms with Gasteiger partial charge >= 0.3 is 11.9 Å². The van der Waals surface area contributed by atoms with Crippen LogP contribution in [0.4, 0.5) is 0 Å². The van der Waals surface area contributed by atoms with Gasteiger partial charge in [0.2, 0.25) is 0 Å². The van der Waals surface area contributed by atoms with Crippen molar-refractivity contribution in [3.05, 3.63) is 72.9 Å². The average Bonchev–Trinajstić information content (AvgIpc) is 3.14. The second kappa shape index (κ2) is 37.7. The molecule has 0 saturated heterocycles. The first-order chi connectivity index (χ1) is 26.6. The highest BCUT2D eigenvalue weighted by atomic mass is 16.6. The van der Waals surface area contributed by atoms with Crippen LogP contribution in [0.2, 0.25) is 0 Å². The number of likely N-dealkylation sites (N-methyl/N-ethyl adjacent to an activating group) is 1. The maximum absolute atomic E-state index is 12.7. The monoisotopic (exact) mass is 770 g/mol. The molecule has 0 spiro atoms. The molecule has 2 unspecified atom stereocenters. The molecule has 0 heterocycles. The number of rotatable bonds is 37. The van der Waals surface area contributed by atoms with Crippen LogP contribution in [0, 0.1) is 0 Å². The predicted molar refractivity (Wildman–Crippen MR) is 226 cm³/mol. The fourth-order valence-electron chi connectivity index (χ4n) is 5.78. The molecule has 0 aromatic carbocycles. The summed E-state index contributed by atoms with van der Waals surface area (Å²) in [5, 5.41) is 11.6. The summed E-state index contributed by atoms with van der Waals surface area (Å²) in [5.74, 6) is -1.80. The van der Waals surface area contributed by atoms with Gasteiger partial charge in [0.25, 0.3) is 0 Å². The summed E-state index contributed by atoms with van der Waals surface area (Å²) in [6.45, 7) is 4.47. The van der Waals surface area contributed by atoms with Gasteiger partial charge in [-0.15, -0.1) is 0 Å². The number of hydrogen-bond acceptors (Lipinski definition) is 7. The zero-order chi connectivity index (χ0) is 40.7. The van der Waals surface area contributed by atoms with Crippen LogP contribution in [0.5, 0.6) is 0 Å². The smallest absolute Gasteiger partial charge is 0.306 e. The van der Waals surface area contributed by atoms with E-state index in [9.17, 15) is 19.5 Å². The SMILES string of the molecule is CC/C=C/C/C=C/C/C=C/C/C=C/C/C=C/C/C=C/CCCCC(=O)OC(COCCC(C(=O)[O-])[N+](C)(C)C)COC(=O)CCCCCCCCCCCC. The minimum absolute atomic E-state index is 0.0206. The van der Waals surface area contributed by atoms with Gasteiger partial charge in [0, 0.05) is 19.3 Å². The molecule has 0 aromatic heterocycles. The standard InChI is InChI=1S/C47H79NO7/c1-6-8-10-12-14-16-18-19-20-21-22-23-24-25-26-27-28-30-32-34-36-38-46(50)55-43(41-53-40-39-44(47(51)52)48(3,4)5)42-54-45(49)37-35-33-31-29-17-15-13-11-9-7-2/h8,10,14,16,19-20,22-23,25-26,28,30,43-44H,6-7,9,11-13,15,17-18,21,24,27,29,31-42H2,1-5H3/b10-8+,16-14+,20-19+,23-22+,26-25+,30-28+. The molecule has 55 heavy (non-hydrogen) atoms. The van der Waals surface area contributed by atoms with Crippen molar-refractivity contribution in [3.63, 3.8) is 0 Å². The Hall–Kier alpha value is -3.23. The third-order valence-electron chi connectivity index (χ3n) is 9.11. The van der Waals surface area contributed by atoms with Crippen LogP contribution in [0.25, 0.3) is 0 Å². The molecule has 0 radical (unpaired) electrons. The van der Waals surface area contributed by atoms with Crippen LogP contribution in [0.1, 0.15) is 155 Å². The first-order valence-corrected chi connectivity index (χ1v) is 21.5. The van der Waals surface area contributed by atoms with Crippen LogP contribution < -0.4 is 5.11 Å². The Morgan fingerprint density at radius 3 is 1.51 bits per heavy atom. The number of esters is 2. The number of carboxylic acid groups (broad SMARTS) is 1. The number of carboxylic acids is 1. The van der Waals surface area contributed by atoms with Crippen molar-refractivity contribution >= 4 is 17.9 Å². The molecule has 0 aliphatic heterocycles. The summed E-state index contributed by atoms with van der Waals surface area (Å²) < 4.78 is 17.1. The third kappa shape index (κ3) is 36.2. The highest BCUT2D eigenvalue weighted by Crippen LogP contribution is 2.13. The number of carbonyl (C=O) groups is 3. The first kappa shape index (κ1) is 51.8. The molecule has 0 rings (SSSR count). The maximum Gasteiger partial charge on any atom is 0.306 e. The first-order valence-electron chi connectivity index (χ1n) is 21.5. The molecule has 0 aromatic rings. The van der Waals surface area contributed by atoms with E-state index in [1.54, 1.807) is 21.1 Å². The van der Waals surface area contributed by atoms with Gasteiger partial charge in [-0.2, -0.15) is 0 Å². The summed E-state index contributed by atoms with van der Waals surface area (Å²) in [5.41, 5.74) is 0. The fraction of sp³-hybridized carbons (Fsp3) is 0.681. The molecule has 0 saturated carbocycles. The van der Waals surface area contributed by atoms with Crippen molar-refractivity contribution in [2.45, 2.75) is 167 Å². The van der Waals surface area contributed by atoms with Gasteiger partial charge in [-0.1, -0.05) is 145 Å². The summed E-state index contributed by atoms with van der Waals surface area (Å²) >= 11 is 0. The van der Waals surface area contributed by atoms with E-state index < -0.39 is 18.1 Å². The Bertz CT molecular complexity index is 1130. The Morgan fingerprint density at radius 1 is 0.564 bits per heavy atom. The van der Waals surface area contributed by atoms with Crippen molar-refractivity contribution in [3.8, 4) is 0 Å². The van der Waals surface area contributed by atoms with E-state index >= 15 is 0 Å². The minimum Gasteiger partial charge on any atom is -0.544 e. The Labute approximate surface area is 336 Å². The summed E-state index contributed by atoms with van der Waals surface area (Å²) in [6.07, 6.45) is 46.4. The van der Waals surface area contributed by atoms with Crippen molar-refractivity contribution in [1.29, 1.82) is 0 Å². The van der Waals surface area contributed by atoms with E-state index in [4.69, 9.17) is 14.2 Å². The molecular weight excluding hydrogens is 691 g/mol. The van der Waals surface area contributed by atoms with E-state index in [-0.39, 0.29) is 49.1 Å². The number of carbonyl (C=O) groups excluding carboxylic acids is 3. The van der Waals surface area contributed by atoms with Crippen LogP contribution >= 0.6 is 0 Å². The molecule has 0 amide bonds. The number of hydrogen-bond donors (Lipinski definition) is 0. The van der Waals surface area contributed by atoms with Crippen LogP contribution in [0.3, 0.4) is 0 Å². The Morgan fingerprint density at radius 2 is 1.02 bits per heavy atom. The molecular formula is C47H79NO7. The second-order valence-corrected chi connectivity index (χ2v) is 15.2. The zero-order valence-corrected chi connectivity index (χ0v) is 35.6.